The molecule has 0 spiro atoms. The summed E-state index contributed by atoms with van der Waals surface area (Å²) in [7, 11) is 0. The second kappa shape index (κ2) is 6.02. The quantitative estimate of drug-likeness (QED) is 0.907. The lowest BCUT2D eigenvalue weighted by Gasteiger charge is -2.15. The van der Waals surface area contributed by atoms with E-state index in [1.54, 1.807) is 12.4 Å². The van der Waals surface area contributed by atoms with Crippen molar-refractivity contribution >= 4 is 21.8 Å². The monoisotopic (exact) mass is 321 g/mol. The first-order valence-electron chi connectivity index (χ1n) is 6.18. The molecule has 0 bridgehead atoms. The number of aromatic amines is 1. The SMILES string of the molecule is CCC(NC(=O)c1cc(C)ccc1Br)c1ncc[nH]1. The van der Waals surface area contributed by atoms with E-state index in [1.165, 1.54) is 0 Å². The van der Waals surface area contributed by atoms with Crippen LogP contribution in [0.2, 0.25) is 0 Å². The summed E-state index contributed by atoms with van der Waals surface area (Å²) in [5, 5.41) is 2.99. The second-order valence-corrected chi connectivity index (χ2v) is 5.25. The number of carbonyl (C=O) groups is 1. The third-order valence-electron chi connectivity index (χ3n) is 2.93. The summed E-state index contributed by atoms with van der Waals surface area (Å²) in [5.41, 5.74) is 1.70. The van der Waals surface area contributed by atoms with Crippen LogP contribution < -0.4 is 5.32 Å². The van der Waals surface area contributed by atoms with E-state index in [0.29, 0.717) is 5.56 Å². The molecule has 0 radical (unpaired) electrons. The molecule has 1 aromatic carbocycles. The van der Waals surface area contributed by atoms with Crippen LogP contribution in [0, 0.1) is 6.92 Å². The van der Waals surface area contributed by atoms with Gasteiger partial charge >= 0.3 is 0 Å². The highest BCUT2D eigenvalue weighted by atomic mass is 79.9. The molecule has 100 valence electrons. The Labute approximate surface area is 120 Å². The zero-order valence-electron chi connectivity index (χ0n) is 10.9. The van der Waals surface area contributed by atoms with E-state index in [2.05, 4.69) is 31.2 Å². The second-order valence-electron chi connectivity index (χ2n) is 4.39. The number of rotatable bonds is 4. The molecule has 2 rings (SSSR count). The van der Waals surface area contributed by atoms with E-state index >= 15 is 0 Å². The number of nitrogens with zero attached hydrogens (tertiary/aromatic N) is 1. The summed E-state index contributed by atoms with van der Waals surface area (Å²) in [6.07, 6.45) is 4.22. The number of halogens is 1. The molecule has 1 atom stereocenters. The van der Waals surface area contributed by atoms with Crippen LogP contribution in [0.3, 0.4) is 0 Å². The first-order valence-corrected chi connectivity index (χ1v) is 6.97. The van der Waals surface area contributed by atoms with Crippen LogP contribution in [0.1, 0.15) is 41.1 Å². The molecule has 0 aliphatic rings. The molecule has 1 aromatic heterocycles. The van der Waals surface area contributed by atoms with Crippen LogP contribution in [0.4, 0.5) is 0 Å². The van der Waals surface area contributed by atoms with Crippen molar-refractivity contribution in [3.8, 4) is 0 Å². The van der Waals surface area contributed by atoms with Crippen molar-refractivity contribution in [2.75, 3.05) is 0 Å². The number of hydrogen-bond acceptors (Lipinski definition) is 2. The third kappa shape index (κ3) is 3.23. The first-order chi connectivity index (χ1) is 9.11. The van der Waals surface area contributed by atoms with Gasteiger partial charge in [-0.25, -0.2) is 4.98 Å². The number of imidazole rings is 1. The average molecular weight is 322 g/mol. The Morgan fingerprint density at radius 3 is 2.95 bits per heavy atom. The summed E-state index contributed by atoms with van der Waals surface area (Å²) >= 11 is 3.41. The maximum absolute atomic E-state index is 12.3. The van der Waals surface area contributed by atoms with E-state index in [4.69, 9.17) is 0 Å². The Kier molecular flexibility index (Phi) is 4.37. The Morgan fingerprint density at radius 1 is 1.53 bits per heavy atom. The van der Waals surface area contributed by atoms with Crippen molar-refractivity contribution in [1.82, 2.24) is 15.3 Å². The van der Waals surface area contributed by atoms with Crippen LogP contribution in [-0.4, -0.2) is 15.9 Å². The lowest BCUT2D eigenvalue weighted by molar-refractivity contribution is 0.0933. The molecule has 4 nitrogen and oxygen atoms in total. The molecule has 0 saturated heterocycles. The molecule has 2 aromatic rings. The van der Waals surface area contributed by atoms with Crippen LogP contribution in [0.5, 0.6) is 0 Å². The highest BCUT2D eigenvalue weighted by molar-refractivity contribution is 9.10. The molecule has 2 N–H and O–H groups in total. The van der Waals surface area contributed by atoms with E-state index in [0.717, 1.165) is 22.3 Å². The smallest absolute Gasteiger partial charge is 0.253 e. The van der Waals surface area contributed by atoms with Gasteiger partial charge in [0.15, 0.2) is 0 Å². The lowest BCUT2D eigenvalue weighted by Crippen LogP contribution is -2.29. The fourth-order valence-electron chi connectivity index (χ4n) is 1.88. The van der Waals surface area contributed by atoms with E-state index < -0.39 is 0 Å². The largest absolute Gasteiger partial charge is 0.347 e. The summed E-state index contributed by atoms with van der Waals surface area (Å²) in [5.74, 6) is 0.679. The van der Waals surface area contributed by atoms with Gasteiger partial charge in [0.25, 0.3) is 5.91 Å². The van der Waals surface area contributed by atoms with Gasteiger partial charge in [0.1, 0.15) is 5.82 Å². The van der Waals surface area contributed by atoms with E-state index in [1.807, 2.05) is 32.0 Å². The van der Waals surface area contributed by atoms with Gasteiger partial charge in [-0.05, 0) is 41.4 Å². The number of benzene rings is 1. The van der Waals surface area contributed by atoms with Crippen molar-refractivity contribution < 1.29 is 4.79 Å². The van der Waals surface area contributed by atoms with Crippen LogP contribution in [0.15, 0.2) is 35.1 Å². The molecule has 1 unspecified atom stereocenters. The summed E-state index contributed by atoms with van der Waals surface area (Å²) in [6, 6.07) is 5.62. The molecular formula is C14H16BrN3O. The highest BCUT2D eigenvalue weighted by Crippen LogP contribution is 2.20. The van der Waals surface area contributed by atoms with E-state index in [9.17, 15) is 4.79 Å². The molecule has 0 aliphatic heterocycles. The number of hydrogen-bond donors (Lipinski definition) is 2. The molecular weight excluding hydrogens is 306 g/mol. The number of aromatic nitrogens is 2. The number of amides is 1. The first kappa shape index (κ1) is 13.8. The van der Waals surface area contributed by atoms with Crippen LogP contribution >= 0.6 is 15.9 Å². The van der Waals surface area contributed by atoms with Gasteiger partial charge in [-0.2, -0.15) is 0 Å². The number of nitrogens with one attached hydrogen (secondary N) is 2. The molecule has 19 heavy (non-hydrogen) atoms. The van der Waals surface area contributed by atoms with Gasteiger partial charge in [-0.3, -0.25) is 4.79 Å². The lowest BCUT2D eigenvalue weighted by atomic mass is 10.1. The summed E-state index contributed by atoms with van der Waals surface area (Å²) in [4.78, 5) is 19.5. The molecule has 0 saturated carbocycles. The minimum absolute atomic E-state index is 0.0983. The predicted molar refractivity (Wildman–Crippen MR) is 78.0 cm³/mol. The Balaban J connectivity index is 2.18. The normalized spacial score (nSPS) is 12.2. The Bertz CT molecular complexity index is 566. The highest BCUT2D eigenvalue weighted by Gasteiger charge is 2.17. The van der Waals surface area contributed by atoms with Crippen molar-refractivity contribution in [3.63, 3.8) is 0 Å². The van der Waals surface area contributed by atoms with Crippen LogP contribution in [0.25, 0.3) is 0 Å². The molecule has 1 amide bonds. The Morgan fingerprint density at radius 2 is 2.32 bits per heavy atom. The van der Waals surface area contributed by atoms with Gasteiger partial charge < -0.3 is 10.3 Å². The van der Waals surface area contributed by atoms with Gasteiger partial charge in [0, 0.05) is 16.9 Å². The Hall–Kier alpha value is -1.62. The molecule has 0 fully saturated rings. The van der Waals surface area contributed by atoms with Crippen molar-refractivity contribution in [2.24, 2.45) is 0 Å². The average Bonchev–Trinajstić information content (AvgIpc) is 2.92. The maximum atomic E-state index is 12.3. The van der Waals surface area contributed by atoms with Crippen molar-refractivity contribution in [2.45, 2.75) is 26.3 Å². The minimum atomic E-state index is -0.102. The number of H-pyrrole nitrogens is 1. The zero-order valence-corrected chi connectivity index (χ0v) is 12.5. The minimum Gasteiger partial charge on any atom is -0.347 e. The van der Waals surface area contributed by atoms with E-state index in [-0.39, 0.29) is 11.9 Å². The fourth-order valence-corrected chi connectivity index (χ4v) is 2.31. The van der Waals surface area contributed by atoms with Crippen molar-refractivity contribution in [1.29, 1.82) is 0 Å². The van der Waals surface area contributed by atoms with Gasteiger partial charge in [-0.15, -0.1) is 0 Å². The van der Waals surface area contributed by atoms with Gasteiger partial charge in [0.05, 0.1) is 11.6 Å². The van der Waals surface area contributed by atoms with Crippen molar-refractivity contribution in [3.05, 3.63) is 52.0 Å². The van der Waals surface area contributed by atoms with Gasteiger partial charge in [0.2, 0.25) is 0 Å². The fraction of sp³-hybridized carbons (Fsp3) is 0.286. The summed E-state index contributed by atoms with van der Waals surface area (Å²) in [6.45, 7) is 3.98. The predicted octanol–water partition coefficient (Wildman–Crippen LogP) is 3.36. The standard InChI is InChI=1S/C14H16BrN3O/c1-3-12(13-16-6-7-17-13)18-14(19)10-8-9(2)4-5-11(10)15/h4-8,12H,3H2,1-2H3,(H,16,17)(H,18,19). The van der Waals surface area contributed by atoms with Gasteiger partial charge in [-0.1, -0.05) is 18.6 Å². The third-order valence-corrected chi connectivity index (χ3v) is 3.62. The van der Waals surface area contributed by atoms with Crippen LogP contribution in [-0.2, 0) is 0 Å². The molecule has 1 heterocycles. The summed E-state index contributed by atoms with van der Waals surface area (Å²) < 4.78 is 0.796. The molecule has 0 aliphatic carbocycles. The number of aryl methyl sites for hydroxylation is 1. The number of carbonyl (C=O) groups excluding carboxylic acids is 1. The zero-order chi connectivity index (χ0) is 13.8. The maximum Gasteiger partial charge on any atom is 0.253 e. The topological polar surface area (TPSA) is 57.8 Å². The molecule has 5 heteroatoms.